The molecule has 4 aromatic carbocycles. The van der Waals surface area contributed by atoms with Gasteiger partial charge in [-0.2, -0.15) is 0 Å². The molecular formula is C33H31NO5S. The van der Waals surface area contributed by atoms with E-state index in [-0.39, 0.29) is 28.5 Å². The molecule has 0 saturated heterocycles. The van der Waals surface area contributed by atoms with Gasteiger partial charge < -0.3 is 4.74 Å². The minimum absolute atomic E-state index is 0.0609. The summed E-state index contributed by atoms with van der Waals surface area (Å²) < 4.78 is 35.3. The highest BCUT2D eigenvalue weighted by Gasteiger charge is 2.35. The number of aryl methyl sites for hydroxylation is 1. The lowest BCUT2D eigenvalue weighted by Gasteiger charge is -2.28. The van der Waals surface area contributed by atoms with Gasteiger partial charge in [0, 0.05) is 17.0 Å². The van der Waals surface area contributed by atoms with Crippen LogP contribution in [0.4, 0.5) is 0 Å². The first-order valence-corrected chi connectivity index (χ1v) is 14.3. The van der Waals surface area contributed by atoms with Gasteiger partial charge in [0.05, 0.1) is 18.0 Å². The van der Waals surface area contributed by atoms with Crippen LogP contribution in [0, 0.1) is 12.8 Å². The topological polar surface area (TPSA) is 89.5 Å². The Morgan fingerprint density at radius 3 is 1.90 bits per heavy atom. The van der Waals surface area contributed by atoms with E-state index in [0.717, 1.165) is 5.56 Å². The summed E-state index contributed by atoms with van der Waals surface area (Å²) in [6.07, 6.45) is -0.0609. The summed E-state index contributed by atoms with van der Waals surface area (Å²) in [7, 11) is -2.52. The Kier molecular flexibility index (Phi) is 9.09. The summed E-state index contributed by atoms with van der Waals surface area (Å²) in [5, 5.41) is 0. The van der Waals surface area contributed by atoms with E-state index in [0.29, 0.717) is 22.4 Å². The van der Waals surface area contributed by atoms with Crippen molar-refractivity contribution in [1.29, 1.82) is 0 Å². The number of carbonyl (C=O) groups is 2. The molecule has 0 radical (unpaired) electrons. The molecule has 0 aliphatic rings. The quantitative estimate of drug-likeness (QED) is 0.163. The maximum Gasteiger partial charge on any atom is 0.241 e. The first-order chi connectivity index (χ1) is 19.2. The number of sulfonamides is 1. The highest BCUT2D eigenvalue weighted by atomic mass is 32.2. The predicted molar refractivity (Wildman–Crippen MR) is 156 cm³/mol. The smallest absolute Gasteiger partial charge is 0.241 e. The van der Waals surface area contributed by atoms with E-state index in [1.165, 1.54) is 19.2 Å². The molecular weight excluding hydrogens is 522 g/mol. The molecule has 4 rings (SSSR count). The minimum Gasteiger partial charge on any atom is -0.497 e. The summed E-state index contributed by atoms with van der Waals surface area (Å²) in [5.74, 6) is -1.01. The second kappa shape index (κ2) is 12.7. The van der Waals surface area contributed by atoms with Crippen LogP contribution in [0.2, 0.25) is 0 Å². The van der Waals surface area contributed by atoms with Crippen LogP contribution < -0.4 is 9.46 Å². The zero-order valence-electron chi connectivity index (χ0n) is 22.4. The molecule has 0 unspecified atom stereocenters. The summed E-state index contributed by atoms with van der Waals surface area (Å²) >= 11 is 0. The Morgan fingerprint density at radius 1 is 0.800 bits per heavy atom. The van der Waals surface area contributed by atoms with Gasteiger partial charge in [-0.25, -0.2) is 13.1 Å². The lowest BCUT2D eigenvalue weighted by molar-refractivity contribution is 0.0891. The third-order valence-electron chi connectivity index (χ3n) is 6.71. The van der Waals surface area contributed by atoms with E-state index in [1.54, 1.807) is 97.1 Å². The fourth-order valence-electron chi connectivity index (χ4n) is 4.48. The number of ether oxygens (including phenoxy) is 1. The number of nitrogens with one attached hydrogen (secondary N) is 1. The predicted octanol–water partition coefficient (Wildman–Crippen LogP) is 6.35. The Hall–Kier alpha value is -4.33. The van der Waals surface area contributed by atoms with Crippen LogP contribution in [0.25, 0.3) is 0 Å². The van der Waals surface area contributed by atoms with Crippen molar-refractivity contribution in [2.45, 2.75) is 24.3 Å². The normalized spacial score (nSPS) is 12.8. The molecule has 7 heteroatoms. The lowest BCUT2D eigenvalue weighted by Crippen LogP contribution is -2.37. The highest BCUT2D eigenvalue weighted by molar-refractivity contribution is 7.89. The van der Waals surface area contributed by atoms with Gasteiger partial charge in [0.1, 0.15) is 5.75 Å². The van der Waals surface area contributed by atoms with Crippen LogP contribution in [0.1, 0.15) is 44.3 Å². The van der Waals surface area contributed by atoms with Gasteiger partial charge in [-0.15, -0.1) is 0 Å². The van der Waals surface area contributed by atoms with Crippen molar-refractivity contribution in [2.75, 3.05) is 7.11 Å². The molecule has 1 N–H and O–H groups in total. The maximum absolute atomic E-state index is 14.0. The number of hydrogen-bond donors (Lipinski definition) is 1. The molecule has 6 nitrogen and oxygen atoms in total. The lowest BCUT2D eigenvalue weighted by atomic mass is 9.81. The third-order valence-corrected chi connectivity index (χ3v) is 8.17. The first kappa shape index (κ1) is 28.7. The van der Waals surface area contributed by atoms with Crippen LogP contribution in [0.3, 0.4) is 0 Å². The van der Waals surface area contributed by atoms with Crippen LogP contribution in [-0.2, 0) is 10.0 Å². The number of benzene rings is 4. The van der Waals surface area contributed by atoms with Crippen molar-refractivity contribution in [3.05, 3.63) is 144 Å². The zero-order valence-corrected chi connectivity index (χ0v) is 23.2. The van der Waals surface area contributed by atoms with E-state index < -0.39 is 22.0 Å². The Bertz CT molecular complexity index is 1580. The fourth-order valence-corrected chi connectivity index (χ4v) is 5.74. The van der Waals surface area contributed by atoms with Crippen molar-refractivity contribution in [3.63, 3.8) is 0 Å². The van der Waals surface area contributed by atoms with E-state index in [9.17, 15) is 18.0 Å². The van der Waals surface area contributed by atoms with Crippen molar-refractivity contribution in [2.24, 2.45) is 5.92 Å². The number of rotatable bonds is 12. The Labute approximate surface area is 235 Å². The van der Waals surface area contributed by atoms with Gasteiger partial charge >= 0.3 is 0 Å². The van der Waals surface area contributed by atoms with Crippen molar-refractivity contribution in [1.82, 2.24) is 4.72 Å². The molecule has 0 fully saturated rings. The molecule has 0 spiro atoms. The number of Topliss-reactive ketones (excluding diaryl/α,β-unsaturated/α-hetero) is 2. The zero-order chi connectivity index (χ0) is 28.7. The van der Waals surface area contributed by atoms with E-state index >= 15 is 0 Å². The SMILES string of the molecule is C=C(C[C@@H](C(=O)c1ccccc1)[C@H](NS(=O)(=O)c1ccc(C)cc1)c1ccc(OC)cc1)C(=O)c1ccccc1. The van der Waals surface area contributed by atoms with Crippen molar-refractivity contribution >= 4 is 21.6 Å². The van der Waals surface area contributed by atoms with Gasteiger partial charge in [-0.05, 0) is 48.7 Å². The van der Waals surface area contributed by atoms with Crippen molar-refractivity contribution < 1.29 is 22.7 Å². The van der Waals surface area contributed by atoms with E-state index in [1.807, 2.05) is 6.92 Å². The van der Waals surface area contributed by atoms with Gasteiger partial charge in [-0.1, -0.05) is 97.1 Å². The molecule has 0 saturated carbocycles. The number of ketones is 2. The molecule has 0 amide bonds. The van der Waals surface area contributed by atoms with Crippen LogP contribution in [0.5, 0.6) is 5.75 Å². The monoisotopic (exact) mass is 553 g/mol. The Balaban J connectivity index is 1.80. The summed E-state index contributed by atoms with van der Waals surface area (Å²) in [5.41, 5.74) is 2.51. The summed E-state index contributed by atoms with van der Waals surface area (Å²) in [6, 6.07) is 29.6. The first-order valence-electron chi connectivity index (χ1n) is 12.8. The minimum atomic E-state index is -4.06. The largest absolute Gasteiger partial charge is 0.497 e. The van der Waals surface area contributed by atoms with Crippen molar-refractivity contribution in [3.8, 4) is 5.75 Å². The van der Waals surface area contributed by atoms with Crippen LogP contribution >= 0.6 is 0 Å². The number of carbonyl (C=O) groups excluding carboxylic acids is 2. The number of allylic oxidation sites excluding steroid dienone is 1. The number of methoxy groups -OCH3 is 1. The summed E-state index contributed by atoms with van der Waals surface area (Å²) in [4.78, 5) is 27.4. The standard InChI is InChI=1S/C33H31NO5S/c1-23-14-20-29(21-15-23)40(37,38)34-31(25-16-18-28(39-3)19-17-25)30(33(36)27-12-8-5-9-13-27)22-24(2)32(35)26-10-6-4-7-11-26/h4-21,30-31,34H,2,22H2,1,3H3/t30-,31-/m1/s1. The fraction of sp³-hybridized carbons (Fsp3) is 0.152. The highest BCUT2D eigenvalue weighted by Crippen LogP contribution is 2.34. The summed E-state index contributed by atoms with van der Waals surface area (Å²) in [6.45, 7) is 5.88. The van der Waals surface area contributed by atoms with Gasteiger partial charge in [0.2, 0.25) is 10.0 Å². The molecule has 2 atom stereocenters. The van der Waals surface area contributed by atoms with Gasteiger partial charge in [0.25, 0.3) is 0 Å². The van der Waals surface area contributed by atoms with E-state index in [2.05, 4.69) is 11.3 Å². The molecule has 0 aliphatic carbocycles. The molecule has 0 aromatic heterocycles. The Morgan fingerprint density at radius 2 is 1.35 bits per heavy atom. The van der Waals surface area contributed by atoms with Crippen LogP contribution in [0.15, 0.2) is 126 Å². The van der Waals surface area contributed by atoms with Crippen LogP contribution in [-0.4, -0.2) is 27.1 Å². The molecule has 0 heterocycles. The molecule has 0 aliphatic heterocycles. The average molecular weight is 554 g/mol. The number of hydrogen-bond acceptors (Lipinski definition) is 5. The molecule has 204 valence electrons. The van der Waals surface area contributed by atoms with Gasteiger partial charge in [0.15, 0.2) is 11.6 Å². The average Bonchev–Trinajstić information content (AvgIpc) is 2.99. The molecule has 0 bridgehead atoms. The maximum atomic E-state index is 14.0. The van der Waals surface area contributed by atoms with Gasteiger partial charge in [-0.3, -0.25) is 9.59 Å². The third kappa shape index (κ3) is 6.81. The second-order valence-corrected chi connectivity index (χ2v) is 11.2. The molecule has 4 aromatic rings. The molecule has 40 heavy (non-hydrogen) atoms. The second-order valence-electron chi connectivity index (χ2n) is 9.52. The van der Waals surface area contributed by atoms with E-state index in [4.69, 9.17) is 4.74 Å².